The van der Waals surface area contributed by atoms with Gasteiger partial charge in [0.2, 0.25) is 0 Å². The van der Waals surface area contributed by atoms with Crippen LogP contribution in [0.25, 0.3) is 0 Å². The normalized spacial score (nSPS) is 21.6. The molecule has 1 fully saturated rings. The molecule has 1 aromatic carbocycles. The summed E-state index contributed by atoms with van der Waals surface area (Å²) in [5.74, 6) is 0.713. The van der Waals surface area contributed by atoms with Crippen LogP contribution in [-0.4, -0.2) is 26.2 Å². The minimum Gasteiger partial charge on any atom is -0.371 e. The van der Waals surface area contributed by atoms with Gasteiger partial charge in [-0.25, -0.2) is 0 Å². The van der Waals surface area contributed by atoms with E-state index >= 15 is 0 Å². The number of rotatable bonds is 1. The van der Waals surface area contributed by atoms with Gasteiger partial charge in [0.05, 0.1) is 0 Å². The van der Waals surface area contributed by atoms with Gasteiger partial charge in [-0.1, -0.05) is 24.6 Å². The summed E-state index contributed by atoms with van der Waals surface area (Å²) in [5.41, 5.74) is 5.69. The van der Waals surface area contributed by atoms with Gasteiger partial charge < -0.3 is 10.2 Å². The molecule has 0 radical (unpaired) electrons. The molecule has 1 aliphatic rings. The van der Waals surface area contributed by atoms with E-state index in [4.69, 9.17) is 0 Å². The standard InChI is InChI=1S/C16H26N2/c1-12-8-14(3)16(15(4)9-12)18-7-5-6-17-10-13(2)11-18/h8-9,13,17H,5-7,10-11H2,1-4H3. The molecular formula is C16H26N2. The van der Waals surface area contributed by atoms with Crippen LogP contribution in [0.1, 0.15) is 30.0 Å². The summed E-state index contributed by atoms with van der Waals surface area (Å²) >= 11 is 0. The molecular weight excluding hydrogens is 220 g/mol. The Morgan fingerprint density at radius 3 is 2.50 bits per heavy atom. The first kappa shape index (κ1) is 13.4. The highest BCUT2D eigenvalue weighted by Crippen LogP contribution is 2.27. The van der Waals surface area contributed by atoms with E-state index in [-0.39, 0.29) is 0 Å². The zero-order valence-electron chi connectivity index (χ0n) is 12.2. The summed E-state index contributed by atoms with van der Waals surface area (Å²) in [4.78, 5) is 2.59. The predicted molar refractivity (Wildman–Crippen MR) is 79.5 cm³/mol. The fraction of sp³-hybridized carbons (Fsp3) is 0.625. The largest absolute Gasteiger partial charge is 0.371 e. The number of nitrogens with one attached hydrogen (secondary N) is 1. The third kappa shape index (κ3) is 3.05. The van der Waals surface area contributed by atoms with Gasteiger partial charge in [-0.05, 0) is 57.3 Å². The minimum absolute atomic E-state index is 0.713. The predicted octanol–water partition coefficient (Wildman–Crippen LogP) is 3.05. The molecule has 18 heavy (non-hydrogen) atoms. The summed E-state index contributed by atoms with van der Waals surface area (Å²) in [6.45, 7) is 13.6. The van der Waals surface area contributed by atoms with E-state index in [1.54, 1.807) is 0 Å². The number of aryl methyl sites for hydroxylation is 3. The first-order valence-electron chi connectivity index (χ1n) is 7.11. The average molecular weight is 246 g/mol. The summed E-state index contributed by atoms with van der Waals surface area (Å²) in [6, 6.07) is 4.62. The summed E-state index contributed by atoms with van der Waals surface area (Å²) in [7, 11) is 0. The Bertz CT molecular complexity index is 389. The molecule has 2 heteroatoms. The third-order valence-electron chi connectivity index (χ3n) is 3.76. The Balaban J connectivity index is 2.28. The van der Waals surface area contributed by atoms with Crippen LogP contribution in [0.15, 0.2) is 12.1 Å². The Kier molecular flexibility index (Phi) is 4.28. The van der Waals surface area contributed by atoms with Crippen LogP contribution in [-0.2, 0) is 0 Å². The Hall–Kier alpha value is -1.02. The zero-order chi connectivity index (χ0) is 13.1. The van der Waals surface area contributed by atoms with Crippen LogP contribution in [0.5, 0.6) is 0 Å². The molecule has 1 N–H and O–H groups in total. The van der Waals surface area contributed by atoms with E-state index in [1.165, 1.54) is 35.3 Å². The molecule has 100 valence electrons. The average Bonchev–Trinajstić information content (AvgIpc) is 2.23. The molecule has 1 atom stereocenters. The highest BCUT2D eigenvalue weighted by atomic mass is 15.1. The van der Waals surface area contributed by atoms with E-state index in [9.17, 15) is 0 Å². The number of hydrogen-bond acceptors (Lipinski definition) is 2. The van der Waals surface area contributed by atoms with Crippen molar-refractivity contribution in [3.8, 4) is 0 Å². The van der Waals surface area contributed by atoms with Gasteiger partial charge in [-0.2, -0.15) is 0 Å². The molecule has 2 nitrogen and oxygen atoms in total. The molecule has 0 saturated carbocycles. The second-order valence-electron chi connectivity index (χ2n) is 5.86. The van der Waals surface area contributed by atoms with Crippen molar-refractivity contribution in [1.29, 1.82) is 0 Å². The molecule has 1 aromatic rings. The highest BCUT2D eigenvalue weighted by Gasteiger charge is 2.17. The second-order valence-corrected chi connectivity index (χ2v) is 5.86. The fourth-order valence-electron chi connectivity index (χ4n) is 3.15. The number of benzene rings is 1. The highest BCUT2D eigenvalue weighted by molar-refractivity contribution is 5.60. The van der Waals surface area contributed by atoms with Gasteiger partial charge in [-0.3, -0.25) is 0 Å². The van der Waals surface area contributed by atoms with Crippen molar-refractivity contribution in [2.75, 3.05) is 31.1 Å². The maximum absolute atomic E-state index is 3.52. The quantitative estimate of drug-likeness (QED) is 0.819. The molecule has 1 heterocycles. The van der Waals surface area contributed by atoms with E-state index in [2.05, 4.69) is 50.0 Å². The molecule has 0 aromatic heterocycles. The van der Waals surface area contributed by atoms with Crippen LogP contribution in [0.2, 0.25) is 0 Å². The molecule has 1 unspecified atom stereocenters. The van der Waals surface area contributed by atoms with Crippen molar-refractivity contribution in [2.24, 2.45) is 5.92 Å². The smallest absolute Gasteiger partial charge is 0.0425 e. The van der Waals surface area contributed by atoms with E-state index < -0.39 is 0 Å². The second kappa shape index (κ2) is 5.75. The molecule has 1 saturated heterocycles. The van der Waals surface area contributed by atoms with Crippen LogP contribution < -0.4 is 10.2 Å². The van der Waals surface area contributed by atoms with Crippen LogP contribution in [0.4, 0.5) is 5.69 Å². The SMILES string of the molecule is Cc1cc(C)c(N2CCCNCC(C)C2)c(C)c1. The molecule has 0 amide bonds. The zero-order valence-corrected chi connectivity index (χ0v) is 12.2. The van der Waals surface area contributed by atoms with Crippen molar-refractivity contribution < 1.29 is 0 Å². The lowest BCUT2D eigenvalue weighted by Gasteiger charge is -2.33. The molecule has 0 bridgehead atoms. The molecule has 2 rings (SSSR count). The summed E-state index contributed by atoms with van der Waals surface area (Å²) < 4.78 is 0. The first-order valence-corrected chi connectivity index (χ1v) is 7.11. The van der Waals surface area contributed by atoms with Crippen LogP contribution >= 0.6 is 0 Å². The maximum atomic E-state index is 3.52. The fourth-order valence-corrected chi connectivity index (χ4v) is 3.15. The molecule has 0 aliphatic carbocycles. The Labute approximate surface area is 111 Å². The van der Waals surface area contributed by atoms with E-state index in [1.807, 2.05) is 0 Å². The van der Waals surface area contributed by atoms with Gasteiger partial charge in [0.25, 0.3) is 0 Å². The van der Waals surface area contributed by atoms with Crippen molar-refractivity contribution in [2.45, 2.75) is 34.1 Å². The van der Waals surface area contributed by atoms with Crippen molar-refractivity contribution in [1.82, 2.24) is 5.32 Å². The minimum atomic E-state index is 0.713. The van der Waals surface area contributed by atoms with Gasteiger partial charge in [0.1, 0.15) is 0 Å². The molecule has 1 aliphatic heterocycles. The van der Waals surface area contributed by atoms with Gasteiger partial charge in [-0.15, -0.1) is 0 Å². The van der Waals surface area contributed by atoms with E-state index in [0.29, 0.717) is 5.92 Å². The van der Waals surface area contributed by atoms with Gasteiger partial charge in [0.15, 0.2) is 0 Å². The Morgan fingerprint density at radius 2 is 1.83 bits per heavy atom. The first-order chi connectivity index (χ1) is 8.58. The summed E-state index contributed by atoms with van der Waals surface area (Å²) in [5, 5.41) is 3.52. The monoisotopic (exact) mass is 246 g/mol. The van der Waals surface area contributed by atoms with Crippen LogP contribution in [0.3, 0.4) is 0 Å². The number of hydrogen-bond donors (Lipinski definition) is 1. The topological polar surface area (TPSA) is 15.3 Å². The van der Waals surface area contributed by atoms with E-state index in [0.717, 1.165) is 19.6 Å². The third-order valence-corrected chi connectivity index (χ3v) is 3.76. The van der Waals surface area contributed by atoms with Crippen LogP contribution in [0, 0.1) is 26.7 Å². The van der Waals surface area contributed by atoms with Crippen molar-refractivity contribution in [3.05, 3.63) is 28.8 Å². The van der Waals surface area contributed by atoms with Crippen molar-refractivity contribution in [3.63, 3.8) is 0 Å². The number of nitrogens with zero attached hydrogens (tertiary/aromatic N) is 1. The lowest BCUT2D eigenvalue weighted by Crippen LogP contribution is -2.39. The molecule has 0 spiro atoms. The maximum Gasteiger partial charge on any atom is 0.0425 e. The number of anilines is 1. The van der Waals surface area contributed by atoms with Gasteiger partial charge >= 0.3 is 0 Å². The van der Waals surface area contributed by atoms with Gasteiger partial charge in [0, 0.05) is 18.8 Å². The van der Waals surface area contributed by atoms with Crippen molar-refractivity contribution >= 4 is 5.69 Å². The summed E-state index contributed by atoms with van der Waals surface area (Å²) in [6.07, 6.45) is 1.24. The Morgan fingerprint density at radius 1 is 1.17 bits per heavy atom. The lowest BCUT2D eigenvalue weighted by atomic mass is 10.0. The lowest BCUT2D eigenvalue weighted by molar-refractivity contribution is 0.467.